The number of hydrogen-bond acceptors (Lipinski definition) is 5. The van der Waals surface area contributed by atoms with E-state index in [1.807, 2.05) is 25.7 Å². The van der Waals surface area contributed by atoms with Crippen molar-refractivity contribution in [2.45, 2.75) is 58.6 Å². The van der Waals surface area contributed by atoms with Gasteiger partial charge in [-0.15, -0.1) is 0 Å². The fourth-order valence-corrected chi connectivity index (χ4v) is 4.44. The molecule has 29 heavy (non-hydrogen) atoms. The summed E-state index contributed by atoms with van der Waals surface area (Å²) in [6, 6.07) is 0.927. The predicted molar refractivity (Wildman–Crippen MR) is 106 cm³/mol. The zero-order valence-corrected chi connectivity index (χ0v) is 17.6. The topological polar surface area (TPSA) is 101 Å². The quantitative estimate of drug-likeness (QED) is 0.784. The minimum atomic E-state index is -0.632. The first-order chi connectivity index (χ1) is 13.6. The zero-order chi connectivity index (χ0) is 21.2. The number of nitrogens with zero attached hydrogens (tertiary/aromatic N) is 1. The average Bonchev–Trinajstić information content (AvgIpc) is 3.33. The number of likely N-dealkylation sites (tertiary alicyclic amines) is 1. The van der Waals surface area contributed by atoms with Gasteiger partial charge in [0, 0.05) is 25.0 Å². The number of furan rings is 1. The molecule has 2 fully saturated rings. The van der Waals surface area contributed by atoms with Gasteiger partial charge in [-0.1, -0.05) is 6.42 Å². The summed E-state index contributed by atoms with van der Waals surface area (Å²) >= 11 is 0. The van der Waals surface area contributed by atoms with Crippen LogP contribution in [0.1, 0.15) is 57.3 Å². The number of fused-ring (bicyclic) bond motifs is 1. The summed E-state index contributed by atoms with van der Waals surface area (Å²) in [7, 11) is 0. The van der Waals surface area contributed by atoms with Crippen molar-refractivity contribution in [1.82, 2.24) is 15.5 Å². The summed E-state index contributed by atoms with van der Waals surface area (Å²) in [5, 5.41) is 5.64. The second-order valence-electron chi connectivity index (χ2n) is 9.23. The van der Waals surface area contributed by atoms with Crippen LogP contribution in [0.4, 0.5) is 4.79 Å². The fourth-order valence-electron chi connectivity index (χ4n) is 4.44. The van der Waals surface area contributed by atoms with Gasteiger partial charge in [0.15, 0.2) is 0 Å². The molecule has 1 aromatic rings. The number of carbonyl (C=O) groups excluding carboxylic acids is 3. The van der Waals surface area contributed by atoms with Crippen molar-refractivity contribution in [2.24, 2.45) is 11.3 Å². The smallest absolute Gasteiger partial charge is 0.407 e. The van der Waals surface area contributed by atoms with Crippen molar-refractivity contribution in [3.63, 3.8) is 0 Å². The van der Waals surface area contributed by atoms with Gasteiger partial charge in [-0.3, -0.25) is 9.59 Å². The molecular weight excluding hydrogens is 374 g/mol. The second-order valence-corrected chi connectivity index (χ2v) is 9.23. The molecule has 2 aliphatic rings. The van der Waals surface area contributed by atoms with E-state index in [1.165, 1.54) is 12.5 Å². The van der Waals surface area contributed by atoms with E-state index in [2.05, 4.69) is 10.6 Å². The zero-order valence-electron chi connectivity index (χ0n) is 17.6. The first kappa shape index (κ1) is 21.2. The van der Waals surface area contributed by atoms with Gasteiger partial charge >= 0.3 is 6.09 Å². The molecule has 0 radical (unpaired) electrons. The predicted octanol–water partition coefficient (Wildman–Crippen LogP) is 2.55. The van der Waals surface area contributed by atoms with Crippen LogP contribution in [0.25, 0.3) is 0 Å². The molecule has 0 bridgehead atoms. The van der Waals surface area contributed by atoms with Gasteiger partial charge in [0.2, 0.25) is 5.91 Å². The number of nitrogens with one attached hydrogen (secondary N) is 2. The Labute approximate surface area is 171 Å². The Balaban J connectivity index is 1.58. The lowest BCUT2D eigenvalue weighted by atomic mass is 9.81. The van der Waals surface area contributed by atoms with Crippen LogP contribution in [-0.2, 0) is 9.53 Å². The summed E-state index contributed by atoms with van der Waals surface area (Å²) in [5.74, 6) is -0.0913. The highest BCUT2D eigenvalue weighted by molar-refractivity contribution is 5.97. The first-order valence-electron chi connectivity index (χ1n) is 10.2. The van der Waals surface area contributed by atoms with Crippen molar-refractivity contribution in [2.75, 3.05) is 19.6 Å². The highest BCUT2D eigenvalue weighted by Gasteiger charge is 2.51. The molecule has 8 heteroatoms. The molecule has 1 aromatic heterocycles. The Hall–Kier alpha value is -2.51. The van der Waals surface area contributed by atoms with Gasteiger partial charge < -0.3 is 24.7 Å². The fraction of sp³-hybridized carbons (Fsp3) is 0.667. The molecule has 3 amide bonds. The SMILES string of the molecule is CC(NC(=O)c1ccoc1)C(=O)N1C[C@H]2CCC[C@@]2(CNC(=O)OC(C)(C)C)C1. The van der Waals surface area contributed by atoms with Crippen molar-refractivity contribution in [3.8, 4) is 0 Å². The maximum Gasteiger partial charge on any atom is 0.407 e. The molecule has 2 heterocycles. The molecule has 8 nitrogen and oxygen atoms in total. The van der Waals surface area contributed by atoms with E-state index >= 15 is 0 Å². The lowest BCUT2D eigenvalue weighted by Crippen LogP contribution is -2.47. The lowest BCUT2D eigenvalue weighted by Gasteiger charge is -2.30. The highest BCUT2D eigenvalue weighted by Crippen LogP contribution is 2.48. The molecule has 0 aromatic carbocycles. The summed E-state index contributed by atoms with van der Waals surface area (Å²) < 4.78 is 10.3. The third-order valence-electron chi connectivity index (χ3n) is 5.84. The molecule has 0 spiro atoms. The molecule has 3 rings (SSSR count). The van der Waals surface area contributed by atoms with Crippen molar-refractivity contribution in [1.29, 1.82) is 0 Å². The third kappa shape index (κ3) is 4.92. The van der Waals surface area contributed by atoms with Crippen LogP contribution in [0.15, 0.2) is 23.0 Å². The van der Waals surface area contributed by atoms with Crippen LogP contribution in [0, 0.1) is 11.3 Å². The first-order valence-corrected chi connectivity index (χ1v) is 10.2. The van der Waals surface area contributed by atoms with E-state index in [0.717, 1.165) is 19.3 Å². The molecule has 1 aliphatic heterocycles. The van der Waals surface area contributed by atoms with Crippen LogP contribution in [-0.4, -0.2) is 54.1 Å². The number of alkyl carbamates (subject to hydrolysis) is 1. The van der Waals surface area contributed by atoms with E-state index in [0.29, 0.717) is 31.1 Å². The molecule has 3 atom stereocenters. The van der Waals surface area contributed by atoms with Crippen LogP contribution in [0.3, 0.4) is 0 Å². The molecule has 1 saturated carbocycles. The largest absolute Gasteiger partial charge is 0.472 e. The Bertz CT molecular complexity index is 755. The summed E-state index contributed by atoms with van der Waals surface area (Å²) in [6.45, 7) is 8.92. The van der Waals surface area contributed by atoms with Gasteiger partial charge in [0.25, 0.3) is 5.91 Å². The van der Waals surface area contributed by atoms with Crippen LogP contribution < -0.4 is 10.6 Å². The second kappa shape index (κ2) is 8.08. The number of carbonyl (C=O) groups is 3. The maximum absolute atomic E-state index is 12.9. The average molecular weight is 405 g/mol. The number of hydrogen-bond donors (Lipinski definition) is 2. The molecular formula is C21H31N3O5. The van der Waals surface area contributed by atoms with Gasteiger partial charge in [-0.25, -0.2) is 4.79 Å². The van der Waals surface area contributed by atoms with Crippen molar-refractivity contribution < 1.29 is 23.5 Å². The number of ether oxygens (including phenoxy) is 1. The Morgan fingerprint density at radius 1 is 1.38 bits per heavy atom. The third-order valence-corrected chi connectivity index (χ3v) is 5.84. The molecule has 1 unspecified atom stereocenters. The minimum Gasteiger partial charge on any atom is -0.472 e. The number of amides is 3. The Morgan fingerprint density at radius 3 is 2.79 bits per heavy atom. The monoisotopic (exact) mass is 405 g/mol. The van der Waals surface area contributed by atoms with Crippen molar-refractivity contribution in [3.05, 3.63) is 24.2 Å². The van der Waals surface area contributed by atoms with Gasteiger partial charge in [0.1, 0.15) is 17.9 Å². The number of rotatable bonds is 5. The Morgan fingerprint density at radius 2 is 2.14 bits per heavy atom. The van der Waals surface area contributed by atoms with Crippen LogP contribution in [0.5, 0.6) is 0 Å². The van der Waals surface area contributed by atoms with Gasteiger partial charge in [0.05, 0.1) is 11.8 Å². The van der Waals surface area contributed by atoms with Crippen LogP contribution in [0.2, 0.25) is 0 Å². The van der Waals surface area contributed by atoms with Gasteiger partial charge in [-0.2, -0.15) is 0 Å². The summed E-state index contributed by atoms with van der Waals surface area (Å²) in [4.78, 5) is 39.0. The highest BCUT2D eigenvalue weighted by atomic mass is 16.6. The van der Waals surface area contributed by atoms with Gasteiger partial charge in [-0.05, 0) is 52.5 Å². The van der Waals surface area contributed by atoms with Crippen molar-refractivity contribution >= 4 is 17.9 Å². The summed E-state index contributed by atoms with van der Waals surface area (Å²) in [6.07, 6.45) is 5.44. The molecule has 160 valence electrons. The Kier molecular flexibility index (Phi) is 5.91. The van der Waals surface area contributed by atoms with E-state index in [4.69, 9.17) is 9.15 Å². The molecule has 1 saturated heterocycles. The summed E-state index contributed by atoms with van der Waals surface area (Å²) in [5.41, 5.74) is -0.279. The standard InChI is InChI=1S/C21H31N3O5/c1-14(23-17(25)15-7-9-28-11-15)18(26)24-10-16-6-5-8-21(16,13-24)12-22-19(27)29-20(2,3)4/h7,9,11,14,16H,5-6,8,10,12-13H2,1-4H3,(H,22,27)(H,23,25)/t14?,16-,21-/m1/s1. The van der Waals surface area contributed by atoms with E-state index in [9.17, 15) is 14.4 Å². The molecule has 2 N–H and O–H groups in total. The minimum absolute atomic E-state index is 0.104. The lowest BCUT2D eigenvalue weighted by molar-refractivity contribution is -0.132. The normalized spacial score (nSPS) is 24.7. The molecule has 1 aliphatic carbocycles. The van der Waals surface area contributed by atoms with Crippen LogP contribution >= 0.6 is 0 Å². The van der Waals surface area contributed by atoms with E-state index < -0.39 is 17.7 Å². The van der Waals surface area contributed by atoms with E-state index in [-0.39, 0.29) is 17.2 Å². The van der Waals surface area contributed by atoms with E-state index in [1.54, 1.807) is 13.0 Å². The maximum atomic E-state index is 12.9.